The maximum Gasteiger partial charge on any atom is 0.254 e. The molecule has 1 unspecified atom stereocenters. The quantitative estimate of drug-likeness (QED) is 0.870. The number of aromatic nitrogens is 1. The maximum atomic E-state index is 13.6. The van der Waals surface area contributed by atoms with E-state index in [2.05, 4.69) is 4.98 Å². The predicted molar refractivity (Wildman–Crippen MR) is 85.0 cm³/mol. The molecule has 6 heteroatoms. The van der Waals surface area contributed by atoms with E-state index in [-0.39, 0.29) is 17.8 Å². The number of nitriles is 1. The molecular formula is C18H16FN3O2. The average molecular weight is 325 g/mol. The van der Waals surface area contributed by atoms with Gasteiger partial charge in [-0.05, 0) is 30.7 Å². The van der Waals surface area contributed by atoms with Gasteiger partial charge in [-0.1, -0.05) is 6.07 Å². The minimum absolute atomic E-state index is 0.164. The Bertz CT molecular complexity index is 799. The van der Waals surface area contributed by atoms with Gasteiger partial charge in [0.2, 0.25) is 5.88 Å². The molecule has 1 amide bonds. The first-order valence-electron chi connectivity index (χ1n) is 7.65. The fourth-order valence-corrected chi connectivity index (χ4v) is 2.71. The van der Waals surface area contributed by atoms with E-state index in [0.717, 1.165) is 0 Å². The molecular weight excluding hydrogens is 309 g/mol. The summed E-state index contributed by atoms with van der Waals surface area (Å²) in [6.07, 6.45) is 1.97. The number of likely N-dealkylation sites (tertiary alicyclic amines) is 1. The van der Waals surface area contributed by atoms with Crippen molar-refractivity contribution in [3.63, 3.8) is 0 Å². The van der Waals surface area contributed by atoms with Crippen molar-refractivity contribution in [2.75, 3.05) is 13.1 Å². The minimum atomic E-state index is -0.380. The molecule has 24 heavy (non-hydrogen) atoms. The van der Waals surface area contributed by atoms with Gasteiger partial charge < -0.3 is 9.64 Å². The van der Waals surface area contributed by atoms with Gasteiger partial charge in [-0.3, -0.25) is 4.79 Å². The molecule has 3 rings (SSSR count). The van der Waals surface area contributed by atoms with Crippen molar-refractivity contribution in [2.45, 2.75) is 19.4 Å². The van der Waals surface area contributed by atoms with Crippen LogP contribution in [0.15, 0.2) is 36.5 Å². The van der Waals surface area contributed by atoms with Gasteiger partial charge in [0.25, 0.3) is 5.91 Å². The fraction of sp³-hybridized carbons (Fsp3) is 0.278. The summed E-state index contributed by atoms with van der Waals surface area (Å²) in [5.74, 6) is -0.143. The Morgan fingerprint density at radius 1 is 1.42 bits per heavy atom. The Morgan fingerprint density at radius 3 is 2.96 bits per heavy atom. The molecule has 1 aliphatic heterocycles. The van der Waals surface area contributed by atoms with Crippen molar-refractivity contribution in [3.8, 4) is 11.9 Å². The lowest BCUT2D eigenvalue weighted by Gasteiger charge is -2.18. The molecule has 1 saturated heterocycles. The second-order valence-electron chi connectivity index (χ2n) is 5.69. The highest BCUT2D eigenvalue weighted by atomic mass is 19.1. The third-order valence-corrected chi connectivity index (χ3v) is 4.08. The van der Waals surface area contributed by atoms with E-state index < -0.39 is 0 Å². The summed E-state index contributed by atoms with van der Waals surface area (Å²) in [7, 11) is 0. The molecule has 122 valence electrons. The van der Waals surface area contributed by atoms with Crippen molar-refractivity contribution < 1.29 is 13.9 Å². The van der Waals surface area contributed by atoms with E-state index in [0.29, 0.717) is 42.1 Å². The lowest BCUT2D eigenvalue weighted by atomic mass is 10.1. The third-order valence-electron chi connectivity index (χ3n) is 4.08. The summed E-state index contributed by atoms with van der Waals surface area (Å²) in [6, 6.07) is 9.79. The Morgan fingerprint density at radius 2 is 2.25 bits per heavy atom. The number of hydrogen-bond acceptors (Lipinski definition) is 4. The fourth-order valence-electron chi connectivity index (χ4n) is 2.71. The standard InChI is InChI=1S/C18H16FN3O2/c1-12-15(3-2-4-16(12)19)18(23)22-8-7-14(11-22)24-17-6-5-13(9-20)10-21-17/h2-6,10,14H,7-8,11H2,1H3. The molecule has 1 aromatic carbocycles. The van der Waals surface area contributed by atoms with Crippen LogP contribution in [0.4, 0.5) is 4.39 Å². The summed E-state index contributed by atoms with van der Waals surface area (Å²) in [5, 5.41) is 8.76. The normalized spacial score (nSPS) is 16.7. The molecule has 5 nitrogen and oxygen atoms in total. The van der Waals surface area contributed by atoms with Crippen LogP contribution in [-0.4, -0.2) is 35.0 Å². The highest BCUT2D eigenvalue weighted by molar-refractivity contribution is 5.95. The van der Waals surface area contributed by atoms with Crippen LogP contribution >= 0.6 is 0 Å². The first kappa shape index (κ1) is 15.9. The van der Waals surface area contributed by atoms with Crippen LogP contribution in [0.1, 0.15) is 27.9 Å². The zero-order chi connectivity index (χ0) is 17.1. The third kappa shape index (κ3) is 3.20. The van der Waals surface area contributed by atoms with E-state index in [1.54, 1.807) is 36.1 Å². The van der Waals surface area contributed by atoms with Gasteiger partial charge in [-0.25, -0.2) is 9.37 Å². The molecule has 0 N–H and O–H groups in total. The van der Waals surface area contributed by atoms with Crippen molar-refractivity contribution in [1.29, 1.82) is 5.26 Å². The lowest BCUT2D eigenvalue weighted by molar-refractivity contribution is 0.0770. The molecule has 0 spiro atoms. The number of carbonyl (C=O) groups excluding carboxylic acids is 1. The Hall–Kier alpha value is -2.94. The van der Waals surface area contributed by atoms with Gasteiger partial charge in [-0.2, -0.15) is 5.26 Å². The molecule has 1 aliphatic rings. The topological polar surface area (TPSA) is 66.2 Å². The molecule has 1 aromatic heterocycles. The number of carbonyl (C=O) groups is 1. The lowest BCUT2D eigenvalue weighted by Crippen LogP contribution is -2.31. The zero-order valence-electron chi connectivity index (χ0n) is 13.2. The molecule has 1 fully saturated rings. The summed E-state index contributed by atoms with van der Waals surface area (Å²) >= 11 is 0. The van der Waals surface area contributed by atoms with Crippen LogP contribution in [0, 0.1) is 24.1 Å². The monoisotopic (exact) mass is 325 g/mol. The zero-order valence-corrected chi connectivity index (χ0v) is 13.2. The van der Waals surface area contributed by atoms with Gasteiger partial charge in [0.05, 0.1) is 12.1 Å². The average Bonchev–Trinajstić information content (AvgIpc) is 3.06. The van der Waals surface area contributed by atoms with E-state index in [1.807, 2.05) is 6.07 Å². The summed E-state index contributed by atoms with van der Waals surface area (Å²) in [5.41, 5.74) is 1.21. The number of benzene rings is 1. The van der Waals surface area contributed by atoms with E-state index in [4.69, 9.17) is 10.00 Å². The summed E-state index contributed by atoms with van der Waals surface area (Å²) in [6.45, 7) is 2.58. The Labute approximate surface area is 139 Å². The minimum Gasteiger partial charge on any atom is -0.472 e. The molecule has 1 atom stereocenters. The molecule has 0 saturated carbocycles. The maximum absolute atomic E-state index is 13.6. The van der Waals surface area contributed by atoms with Gasteiger partial charge in [0.1, 0.15) is 18.0 Å². The van der Waals surface area contributed by atoms with Crippen LogP contribution < -0.4 is 4.74 Å². The number of hydrogen-bond donors (Lipinski definition) is 0. The molecule has 0 bridgehead atoms. The second kappa shape index (κ2) is 6.67. The number of ether oxygens (including phenoxy) is 1. The Kier molecular flexibility index (Phi) is 4.43. The van der Waals surface area contributed by atoms with Gasteiger partial charge >= 0.3 is 0 Å². The number of amides is 1. The highest BCUT2D eigenvalue weighted by Gasteiger charge is 2.29. The van der Waals surface area contributed by atoms with Crippen molar-refractivity contribution in [1.82, 2.24) is 9.88 Å². The smallest absolute Gasteiger partial charge is 0.254 e. The predicted octanol–water partition coefficient (Wildman–Crippen LogP) is 2.69. The molecule has 0 aliphatic carbocycles. The van der Waals surface area contributed by atoms with Gasteiger partial charge in [0, 0.05) is 30.8 Å². The summed E-state index contributed by atoms with van der Waals surface area (Å²) in [4.78, 5) is 18.3. The number of halogens is 1. The first-order valence-corrected chi connectivity index (χ1v) is 7.65. The largest absolute Gasteiger partial charge is 0.472 e. The van der Waals surface area contributed by atoms with Crippen LogP contribution in [-0.2, 0) is 0 Å². The van der Waals surface area contributed by atoms with Gasteiger partial charge in [0.15, 0.2) is 0 Å². The van der Waals surface area contributed by atoms with Crippen LogP contribution in [0.3, 0.4) is 0 Å². The second-order valence-corrected chi connectivity index (χ2v) is 5.69. The molecule has 2 aromatic rings. The van der Waals surface area contributed by atoms with Crippen LogP contribution in [0.5, 0.6) is 5.88 Å². The van der Waals surface area contributed by atoms with Crippen molar-refractivity contribution in [2.24, 2.45) is 0 Å². The van der Waals surface area contributed by atoms with E-state index in [9.17, 15) is 9.18 Å². The first-order chi connectivity index (χ1) is 11.6. The highest BCUT2D eigenvalue weighted by Crippen LogP contribution is 2.21. The van der Waals surface area contributed by atoms with Gasteiger partial charge in [-0.15, -0.1) is 0 Å². The Balaban J connectivity index is 1.65. The SMILES string of the molecule is Cc1c(F)cccc1C(=O)N1CCC(Oc2ccc(C#N)cn2)C1. The van der Waals surface area contributed by atoms with E-state index >= 15 is 0 Å². The van der Waals surface area contributed by atoms with Crippen LogP contribution in [0.25, 0.3) is 0 Å². The van der Waals surface area contributed by atoms with Crippen molar-refractivity contribution >= 4 is 5.91 Å². The summed E-state index contributed by atoms with van der Waals surface area (Å²) < 4.78 is 19.4. The molecule has 2 heterocycles. The molecule has 0 radical (unpaired) electrons. The van der Waals surface area contributed by atoms with Crippen molar-refractivity contribution in [3.05, 3.63) is 59.0 Å². The number of nitrogens with zero attached hydrogens (tertiary/aromatic N) is 3. The van der Waals surface area contributed by atoms with Crippen LogP contribution in [0.2, 0.25) is 0 Å². The van der Waals surface area contributed by atoms with E-state index in [1.165, 1.54) is 12.3 Å². The number of rotatable bonds is 3. The number of pyridine rings is 1.